The third-order valence-corrected chi connectivity index (χ3v) is 3.10. The number of aliphatic hydroxyl groups excluding tert-OH is 2. The number of benzene rings is 1. The highest BCUT2D eigenvalue weighted by Gasteiger charge is 2.24. The van der Waals surface area contributed by atoms with Crippen LogP contribution in [0.5, 0.6) is 0 Å². The maximum atomic E-state index is 9.20. The predicted octanol–water partition coefficient (Wildman–Crippen LogP) is 1.84. The van der Waals surface area contributed by atoms with Crippen molar-refractivity contribution in [2.24, 2.45) is 0 Å². The minimum absolute atomic E-state index is 0.0711. The quantitative estimate of drug-likeness (QED) is 0.775. The maximum absolute atomic E-state index is 9.20. The summed E-state index contributed by atoms with van der Waals surface area (Å²) in [6.45, 7) is 3.61. The number of hydrogen-bond donors (Lipinski definition) is 3. The van der Waals surface area contributed by atoms with E-state index in [1.807, 2.05) is 31.2 Å². The molecule has 1 rings (SSSR count). The van der Waals surface area contributed by atoms with Crippen molar-refractivity contribution in [2.75, 3.05) is 13.2 Å². The number of rotatable bonds is 5. The molecule has 0 saturated heterocycles. The van der Waals surface area contributed by atoms with Crippen LogP contribution in [0.4, 0.5) is 0 Å². The van der Waals surface area contributed by atoms with Crippen LogP contribution in [0, 0.1) is 0 Å². The van der Waals surface area contributed by atoms with E-state index in [2.05, 4.69) is 21.2 Å². The molecule has 90 valence electrons. The molecule has 0 saturated carbocycles. The Kier molecular flexibility index (Phi) is 4.92. The molecule has 0 aliphatic rings. The molecule has 3 nitrogen and oxygen atoms in total. The molecule has 1 aromatic rings. The Bertz CT molecular complexity index is 340. The van der Waals surface area contributed by atoms with E-state index in [0.717, 1.165) is 10.0 Å². The lowest BCUT2D eigenvalue weighted by Crippen LogP contribution is -2.49. The lowest BCUT2D eigenvalue weighted by Gasteiger charge is -2.30. The molecule has 0 aliphatic heterocycles. The lowest BCUT2D eigenvalue weighted by atomic mass is 10.0. The summed E-state index contributed by atoms with van der Waals surface area (Å²) in [4.78, 5) is 0. The predicted molar refractivity (Wildman–Crippen MR) is 68.3 cm³/mol. The Morgan fingerprint density at radius 3 is 2.50 bits per heavy atom. The van der Waals surface area contributed by atoms with Gasteiger partial charge >= 0.3 is 0 Å². The molecule has 0 heterocycles. The monoisotopic (exact) mass is 287 g/mol. The first-order chi connectivity index (χ1) is 7.50. The molecule has 4 heteroatoms. The van der Waals surface area contributed by atoms with Gasteiger partial charge in [0.15, 0.2) is 0 Å². The lowest BCUT2D eigenvalue weighted by molar-refractivity contribution is 0.0957. The van der Waals surface area contributed by atoms with E-state index in [9.17, 15) is 10.2 Å². The van der Waals surface area contributed by atoms with Crippen molar-refractivity contribution in [3.8, 4) is 0 Å². The summed E-state index contributed by atoms with van der Waals surface area (Å²) in [6.07, 6.45) is 0. The van der Waals surface area contributed by atoms with Crippen molar-refractivity contribution >= 4 is 15.9 Å². The van der Waals surface area contributed by atoms with E-state index in [0.29, 0.717) is 0 Å². The van der Waals surface area contributed by atoms with Crippen LogP contribution in [0.3, 0.4) is 0 Å². The van der Waals surface area contributed by atoms with Gasteiger partial charge < -0.3 is 15.5 Å². The molecule has 0 aliphatic carbocycles. The smallest absolute Gasteiger partial charge is 0.0633 e. The van der Waals surface area contributed by atoms with Gasteiger partial charge in [0.05, 0.1) is 18.8 Å². The topological polar surface area (TPSA) is 52.5 Å². The van der Waals surface area contributed by atoms with E-state index in [1.54, 1.807) is 6.92 Å². The second-order valence-corrected chi connectivity index (χ2v) is 5.21. The average Bonchev–Trinajstić information content (AvgIpc) is 2.29. The fourth-order valence-corrected chi connectivity index (χ4v) is 1.94. The molecule has 1 aromatic carbocycles. The third kappa shape index (κ3) is 3.56. The summed E-state index contributed by atoms with van der Waals surface area (Å²) in [5.41, 5.74) is 0.462. The van der Waals surface area contributed by atoms with Crippen LogP contribution in [0.25, 0.3) is 0 Å². The molecule has 0 radical (unpaired) electrons. The number of nitrogens with one attached hydrogen (secondary N) is 1. The van der Waals surface area contributed by atoms with Crippen LogP contribution in [-0.2, 0) is 0 Å². The van der Waals surface area contributed by atoms with E-state index < -0.39 is 5.54 Å². The number of aliphatic hydroxyl groups is 2. The number of hydrogen-bond acceptors (Lipinski definition) is 3. The maximum Gasteiger partial charge on any atom is 0.0633 e. The normalized spacial score (nSPS) is 13.8. The van der Waals surface area contributed by atoms with Crippen LogP contribution in [-0.4, -0.2) is 29.0 Å². The summed E-state index contributed by atoms with van der Waals surface area (Å²) in [7, 11) is 0. The minimum Gasteiger partial charge on any atom is -0.394 e. The van der Waals surface area contributed by atoms with Gasteiger partial charge in [-0.3, -0.25) is 0 Å². The molecular weight excluding hydrogens is 270 g/mol. The van der Waals surface area contributed by atoms with Gasteiger partial charge in [-0.2, -0.15) is 0 Å². The van der Waals surface area contributed by atoms with Crippen LogP contribution >= 0.6 is 15.9 Å². The third-order valence-electron chi connectivity index (χ3n) is 2.61. The van der Waals surface area contributed by atoms with Gasteiger partial charge in [0, 0.05) is 10.5 Å². The fourth-order valence-electron chi connectivity index (χ4n) is 1.52. The van der Waals surface area contributed by atoms with E-state index >= 15 is 0 Å². The summed E-state index contributed by atoms with van der Waals surface area (Å²) in [5.74, 6) is 0. The van der Waals surface area contributed by atoms with E-state index in [-0.39, 0.29) is 19.3 Å². The highest BCUT2D eigenvalue weighted by molar-refractivity contribution is 9.10. The van der Waals surface area contributed by atoms with Gasteiger partial charge in [-0.05, 0) is 31.5 Å². The molecule has 0 spiro atoms. The van der Waals surface area contributed by atoms with Crippen LogP contribution in [0.2, 0.25) is 0 Å². The molecule has 16 heavy (non-hydrogen) atoms. The van der Waals surface area contributed by atoms with Gasteiger partial charge in [0.2, 0.25) is 0 Å². The van der Waals surface area contributed by atoms with Gasteiger partial charge in [-0.25, -0.2) is 0 Å². The summed E-state index contributed by atoms with van der Waals surface area (Å²) >= 11 is 3.42. The molecule has 0 amide bonds. The first kappa shape index (κ1) is 13.6. The Morgan fingerprint density at radius 1 is 1.38 bits per heavy atom. The summed E-state index contributed by atoms with van der Waals surface area (Å²) < 4.78 is 1.02. The van der Waals surface area contributed by atoms with Crippen molar-refractivity contribution < 1.29 is 10.2 Å². The zero-order valence-corrected chi connectivity index (χ0v) is 11.2. The second kappa shape index (κ2) is 5.77. The molecule has 1 unspecified atom stereocenters. The zero-order valence-electron chi connectivity index (χ0n) is 9.57. The van der Waals surface area contributed by atoms with Gasteiger partial charge in [-0.15, -0.1) is 0 Å². The Balaban J connectivity index is 2.75. The van der Waals surface area contributed by atoms with Crippen molar-refractivity contribution in [3.63, 3.8) is 0 Å². The van der Waals surface area contributed by atoms with Crippen molar-refractivity contribution in [1.82, 2.24) is 5.32 Å². The second-order valence-electron chi connectivity index (χ2n) is 4.30. The van der Waals surface area contributed by atoms with E-state index in [1.165, 1.54) is 0 Å². The Morgan fingerprint density at radius 2 is 2.00 bits per heavy atom. The van der Waals surface area contributed by atoms with Crippen molar-refractivity contribution in [2.45, 2.75) is 25.4 Å². The van der Waals surface area contributed by atoms with Gasteiger partial charge in [-0.1, -0.05) is 28.1 Å². The largest absolute Gasteiger partial charge is 0.394 e. The van der Waals surface area contributed by atoms with Crippen LogP contribution in [0.1, 0.15) is 25.5 Å². The summed E-state index contributed by atoms with van der Waals surface area (Å²) in [6, 6.07) is 8.03. The van der Waals surface area contributed by atoms with Crippen molar-refractivity contribution in [3.05, 3.63) is 34.3 Å². The molecule has 1 atom stereocenters. The minimum atomic E-state index is -0.651. The fraction of sp³-hybridized carbons (Fsp3) is 0.500. The number of halogens is 1. The highest BCUT2D eigenvalue weighted by Crippen LogP contribution is 2.20. The van der Waals surface area contributed by atoms with Gasteiger partial charge in [0.1, 0.15) is 0 Å². The first-order valence-corrected chi connectivity index (χ1v) is 6.05. The molecule has 0 fully saturated rings. The zero-order chi connectivity index (χ0) is 12.2. The standard InChI is InChI=1S/C12H18BrNO2/c1-9(14-12(2,7-15)8-16)10-4-3-5-11(13)6-10/h3-6,9,14-16H,7-8H2,1-2H3. The SMILES string of the molecule is CC(NC(C)(CO)CO)c1cccc(Br)c1. The van der Waals surface area contributed by atoms with E-state index in [4.69, 9.17) is 0 Å². The highest BCUT2D eigenvalue weighted by atomic mass is 79.9. The summed E-state index contributed by atoms with van der Waals surface area (Å²) in [5, 5.41) is 21.6. The molecule has 0 bridgehead atoms. The van der Waals surface area contributed by atoms with Gasteiger partial charge in [0.25, 0.3) is 0 Å². The molecule has 0 aromatic heterocycles. The Hall–Kier alpha value is -0.420. The van der Waals surface area contributed by atoms with Crippen LogP contribution < -0.4 is 5.32 Å². The van der Waals surface area contributed by atoms with Crippen molar-refractivity contribution in [1.29, 1.82) is 0 Å². The Labute approximate surface area is 105 Å². The molecular formula is C12H18BrNO2. The van der Waals surface area contributed by atoms with Crippen LogP contribution in [0.15, 0.2) is 28.7 Å². The molecule has 3 N–H and O–H groups in total. The average molecular weight is 288 g/mol. The first-order valence-electron chi connectivity index (χ1n) is 5.25.